The number of nitrogens with two attached hydrogens (primary N) is 1. The topological polar surface area (TPSA) is 76.2 Å². The Morgan fingerprint density at radius 1 is 1.53 bits per heavy atom. The van der Waals surface area contributed by atoms with Gasteiger partial charge in [0.05, 0.1) is 5.01 Å². The zero-order valence-electron chi connectivity index (χ0n) is 10.2. The van der Waals surface area contributed by atoms with Crippen molar-refractivity contribution in [3.8, 4) is 0 Å². The second-order valence-corrected chi connectivity index (χ2v) is 6.42. The number of anilines is 1. The Hall–Kier alpha value is -1.10. The van der Waals surface area contributed by atoms with E-state index in [9.17, 15) is 4.79 Å². The van der Waals surface area contributed by atoms with Crippen LogP contribution in [0.5, 0.6) is 0 Å². The standard InChI is InChI=1S/C12H18N2O2S/c1-12(2)6-4-3-5-7(12)10-14-8(11(15)16)9(13)17-10/h7H,3-6,13H2,1-2H3,(H,15,16). The highest BCUT2D eigenvalue weighted by Gasteiger charge is 2.36. The number of carboxylic acid groups (broad SMARTS) is 1. The molecule has 1 atom stereocenters. The number of aromatic nitrogens is 1. The summed E-state index contributed by atoms with van der Waals surface area (Å²) in [6.07, 6.45) is 4.69. The molecule has 0 radical (unpaired) electrons. The number of hydrogen-bond donors (Lipinski definition) is 2. The average Bonchev–Trinajstić information content (AvgIpc) is 2.59. The fourth-order valence-corrected chi connectivity index (χ4v) is 3.77. The van der Waals surface area contributed by atoms with Crippen molar-refractivity contribution in [2.45, 2.75) is 45.4 Å². The van der Waals surface area contributed by atoms with E-state index < -0.39 is 5.97 Å². The first-order chi connectivity index (χ1) is 7.92. The third-order valence-corrected chi connectivity index (χ3v) is 4.68. The molecule has 1 aromatic heterocycles. The van der Waals surface area contributed by atoms with Gasteiger partial charge in [-0.3, -0.25) is 0 Å². The Balaban J connectivity index is 2.33. The normalized spacial score (nSPS) is 23.5. The van der Waals surface area contributed by atoms with Crippen LogP contribution in [0.25, 0.3) is 0 Å². The predicted octanol–water partition coefficient (Wildman–Crippen LogP) is 3.11. The monoisotopic (exact) mass is 254 g/mol. The zero-order valence-corrected chi connectivity index (χ0v) is 11.0. The fourth-order valence-electron chi connectivity index (χ4n) is 2.60. The summed E-state index contributed by atoms with van der Waals surface area (Å²) >= 11 is 1.34. The van der Waals surface area contributed by atoms with Crippen LogP contribution in [0.4, 0.5) is 5.00 Å². The van der Waals surface area contributed by atoms with Gasteiger partial charge in [0.1, 0.15) is 5.00 Å². The number of carbonyl (C=O) groups is 1. The lowest BCUT2D eigenvalue weighted by molar-refractivity contribution is 0.0691. The van der Waals surface area contributed by atoms with Crippen molar-refractivity contribution in [1.82, 2.24) is 4.98 Å². The van der Waals surface area contributed by atoms with Crippen LogP contribution in [0.2, 0.25) is 0 Å². The minimum Gasteiger partial charge on any atom is -0.476 e. The quantitative estimate of drug-likeness (QED) is 0.850. The van der Waals surface area contributed by atoms with Crippen molar-refractivity contribution in [3.05, 3.63) is 10.7 Å². The van der Waals surface area contributed by atoms with E-state index in [1.54, 1.807) is 0 Å². The van der Waals surface area contributed by atoms with Crippen LogP contribution >= 0.6 is 11.3 Å². The van der Waals surface area contributed by atoms with Crippen LogP contribution in [0.3, 0.4) is 0 Å². The molecule has 0 bridgehead atoms. The zero-order chi connectivity index (χ0) is 12.6. The van der Waals surface area contributed by atoms with E-state index in [1.807, 2.05) is 0 Å². The Morgan fingerprint density at radius 2 is 2.24 bits per heavy atom. The van der Waals surface area contributed by atoms with Crippen LogP contribution in [-0.2, 0) is 0 Å². The molecule has 4 nitrogen and oxygen atoms in total. The highest BCUT2D eigenvalue weighted by Crippen LogP contribution is 2.48. The van der Waals surface area contributed by atoms with Crippen LogP contribution in [-0.4, -0.2) is 16.1 Å². The maximum Gasteiger partial charge on any atom is 0.357 e. The highest BCUT2D eigenvalue weighted by molar-refractivity contribution is 7.16. The van der Waals surface area contributed by atoms with E-state index in [0.717, 1.165) is 11.4 Å². The molecule has 17 heavy (non-hydrogen) atoms. The number of carboxylic acids is 1. The molecular weight excluding hydrogens is 236 g/mol. The van der Waals surface area contributed by atoms with Crippen LogP contribution < -0.4 is 5.73 Å². The Bertz CT molecular complexity index is 440. The maximum absolute atomic E-state index is 10.9. The number of hydrogen-bond acceptors (Lipinski definition) is 4. The van der Waals surface area contributed by atoms with E-state index in [2.05, 4.69) is 18.8 Å². The molecule has 1 fully saturated rings. The van der Waals surface area contributed by atoms with Gasteiger partial charge in [-0.2, -0.15) is 0 Å². The maximum atomic E-state index is 10.9. The fraction of sp³-hybridized carbons (Fsp3) is 0.667. The van der Waals surface area contributed by atoms with E-state index in [1.165, 1.54) is 30.6 Å². The largest absolute Gasteiger partial charge is 0.476 e. The lowest BCUT2D eigenvalue weighted by Gasteiger charge is -2.37. The van der Waals surface area contributed by atoms with Crippen molar-refractivity contribution < 1.29 is 9.90 Å². The van der Waals surface area contributed by atoms with Crippen molar-refractivity contribution in [2.24, 2.45) is 5.41 Å². The van der Waals surface area contributed by atoms with Gasteiger partial charge in [0.25, 0.3) is 0 Å². The summed E-state index contributed by atoms with van der Waals surface area (Å²) in [7, 11) is 0. The van der Waals surface area contributed by atoms with Gasteiger partial charge in [-0.15, -0.1) is 11.3 Å². The SMILES string of the molecule is CC1(C)CCCCC1c1nc(C(=O)O)c(N)s1. The van der Waals surface area contributed by atoms with E-state index >= 15 is 0 Å². The van der Waals surface area contributed by atoms with Gasteiger partial charge in [0, 0.05) is 5.92 Å². The molecular formula is C12H18N2O2S. The Morgan fingerprint density at radius 3 is 2.76 bits per heavy atom. The highest BCUT2D eigenvalue weighted by atomic mass is 32.1. The summed E-state index contributed by atoms with van der Waals surface area (Å²) in [6, 6.07) is 0. The van der Waals surface area contributed by atoms with Crippen LogP contribution in [0, 0.1) is 5.41 Å². The predicted molar refractivity (Wildman–Crippen MR) is 68.5 cm³/mol. The molecule has 0 aromatic carbocycles. The van der Waals surface area contributed by atoms with Crippen molar-refractivity contribution in [2.75, 3.05) is 5.73 Å². The molecule has 5 heteroatoms. The molecule has 1 saturated carbocycles. The number of nitrogen functional groups attached to an aromatic ring is 1. The number of aromatic carboxylic acids is 1. The molecule has 1 heterocycles. The Kier molecular flexibility index (Phi) is 3.12. The van der Waals surface area contributed by atoms with Crippen molar-refractivity contribution in [3.63, 3.8) is 0 Å². The van der Waals surface area contributed by atoms with Crippen LogP contribution in [0.1, 0.15) is 60.9 Å². The minimum atomic E-state index is -1.03. The summed E-state index contributed by atoms with van der Waals surface area (Å²) < 4.78 is 0. The summed E-state index contributed by atoms with van der Waals surface area (Å²) in [6.45, 7) is 4.46. The molecule has 0 saturated heterocycles. The number of thiazole rings is 1. The summed E-state index contributed by atoms with van der Waals surface area (Å²) in [5, 5.41) is 10.2. The first-order valence-corrected chi connectivity index (χ1v) is 6.73. The van der Waals surface area contributed by atoms with E-state index in [-0.39, 0.29) is 11.1 Å². The second-order valence-electron chi connectivity index (χ2n) is 5.36. The van der Waals surface area contributed by atoms with Gasteiger partial charge in [-0.05, 0) is 18.3 Å². The Labute approximate surface area is 105 Å². The van der Waals surface area contributed by atoms with Gasteiger partial charge in [-0.1, -0.05) is 26.7 Å². The van der Waals surface area contributed by atoms with Gasteiger partial charge in [-0.25, -0.2) is 9.78 Å². The average molecular weight is 254 g/mol. The summed E-state index contributed by atoms with van der Waals surface area (Å²) in [5.41, 5.74) is 5.93. The smallest absolute Gasteiger partial charge is 0.357 e. The molecule has 2 rings (SSSR count). The molecule has 1 unspecified atom stereocenters. The van der Waals surface area contributed by atoms with Crippen molar-refractivity contribution >= 4 is 22.3 Å². The van der Waals surface area contributed by atoms with E-state index in [4.69, 9.17) is 10.8 Å². The van der Waals surface area contributed by atoms with Gasteiger partial charge >= 0.3 is 5.97 Å². The van der Waals surface area contributed by atoms with Crippen LogP contribution in [0.15, 0.2) is 0 Å². The van der Waals surface area contributed by atoms with Crippen molar-refractivity contribution in [1.29, 1.82) is 0 Å². The lowest BCUT2D eigenvalue weighted by atomic mass is 9.69. The molecule has 0 amide bonds. The first kappa shape index (κ1) is 12.4. The molecule has 3 N–H and O–H groups in total. The minimum absolute atomic E-state index is 0.0198. The molecule has 0 aliphatic heterocycles. The molecule has 1 aliphatic rings. The summed E-state index contributed by atoms with van der Waals surface area (Å²) in [4.78, 5) is 15.2. The number of nitrogens with zero attached hydrogens (tertiary/aromatic N) is 1. The molecule has 1 aliphatic carbocycles. The van der Waals surface area contributed by atoms with Gasteiger partial charge < -0.3 is 10.8 Å². The van der Waals surface area contributed by atoms with E-state index in [0.29, 0.717) is 10.9 Å². The third-order valence-electron chi connectivity index (χ3n) is 3.68. The first-order valence-electron chi connectivity index (χ1n) is 5.91. The third kappa shape index (κ3) is 2.29. The lowest BCUT2D eigenvalue weighted by Crippen LogP contribution is -2.26. The molecule has 0 spiro atoms. The number of rotatable bonds is 2. The molecule has 94 valence electrons. The second kappa shape index (κ2) is 4.29. The molecule has 1 aromatic rings. The van der Waals surface area contributed by atoms with Gasteiger partial charge in [0.15, 0.2) is 5.69 Å². The summed E-state index contributed by atoms with van der Waals surface area (Å²) in [5.74, 6) is -0.685. The van der Waals surface area contributed by atoms with Gasteiger partial charge in [0.2, 0.25) is 0 Å².